The van der Waals surface area contributed by atoms with Crippen LogP contribution in [0.15, 0.2) is 29.0 Å². The molecular formula is C11H10BrClN2OS. The Balaban J connectivity index is 2.17. The Bertz CT molecular complexity index is 512. The Morgan fingerprint density at radius 1 is 1.59 bits per heavy atom. The van der Waals surface area contributed by atoms with Crippen LogP contribution in [-0.2, 0) is 6.42 Å². The van der Waals surface area contributed by atoms with Crippen molar-refractivity contribution in [1.82, 2.24) is 4.98 Å². The van der Waals surface area contributed by atoms with E-state index in [9.17, 15) is 5.11 Å². The second-order valence-corrected chi connectivity index (χ2v) is 6.11. The van der Waals surface area contributed by atoms with Crippen LogP contribution < -0.4 is 5.73 Å². The summed E-state index contributed by atoms with van der Waals surface area (Å²) in [6.45, 7) is 0. The third-order valence-electron chi connectivity index (χ3n) is 2.35. The summed E-state index contributed by atoms with van der Waals surface area (Å²) in [5, 5.41) is 10.1. The third-order valence-corrected chi connectivity index (χ3v) is 4.92. The van der Waals surface area contributed by atoms with Gasteiger partial charge in [0.05, 0.1) is 6.10 Å². The molecule has 2 aromatic heterocycles. The highest BCUT2D eigenvalue weighted by molar-refractivity contribution is 9.10. The Labute approximate surface area is 116 Å². The molecule has 1 atom stereocenters. The van der Waals surface area contributed by atoms with Gasteiger partial charge >= 0.3 is 0 Å². The predicted molar refractivity (Wildman–Crippen MR) is 74.3 cm³/mol. The molecule has 17 heavy (non-hydrogen) atoms. The minimum absolute atomic E-state index is 0.433. The SMILES string of the molecule is Nc1ccncc1CC(O)c1cc(Br)c(Cl)s1. The molecule has 0 radical (unpaired) electrons. The van der Waals surface area contributed by atoms with E-state index in [-0.39, 0.29) is 0 Å². The summed E-state index contributed by atoms with van der Waals surface area (Å²) in [6.07, 6.45) is 3.12. The topological polar surface area (TPSA) is 59.1 Å². The van der Waals surface area contributed by atoms with Crippen LogP contribution in [0.3, 0.4) is 0 Å². The highest BCUT2D eigenvalue weighted by atomic mass is 79.9. The Hall–Kier alpha value is -0.620. The van der Waals surface area contributed by atoms with Crippen molar-refractivity contribution in [3.8, 4) is 0 Å². The lowest BCUT2D eigenvalue weighted by molar-refractivity contribution is 0.182. The quantitative estimate of drug-likeness (QED) is 0.905. The standard InChI is InChI=1S/C11H10BrClN2OS/c12-7-4-10(17-11(7)13)9(16)3-6-5-15-2-1-8(6)14/h1-2,4-5,9,16H,3H2,(H2,14,15). The molecule has 6 heteroatoms. The number of halogens is 2. The van der Waals surface area contributed by atoms with Gasteiger partial charge in [0.25, 0.3) is 0 Å². The maximum Gasteiger partial charge on any atom is 0.107 e. The lowest BCUT2D eigenvalue weighted by atomic mass is 10.1. The number of nitrogen functional groups attached to an aromatic ring is 1. The average molecular weight is 334 g/mol. The summed E-state index contributed by atoms with van der Waals surface area (Å²) >= 11 is 10.6. The summed E-state index contributed by atoms with van der Waals surface area (Å²) in [6, 6.07) is 3.55. The number of nitrogens with two attached hydrogens (primary N) is 1. The molecule has 0 amide bonds. The summed E-state index contributed by atoms with van der Waals surface area (Å²) in [7, 11) is 0. The molecule has 0 spiro atoms. The zero-order chi connectivity index (χ0) is 12.4. The first-order valence-electron chi connectivity index (χ1n) is 4.89. The molecule has 0 saturated heterocycles. The van der Waals surface area contributed by atoms with Gasteiger partial charge in [-0.15, -0.1) is 11.3 Å². The maximum atomic E-state index is 10.1. The Morgan fingerprint density at radius 2 is 2.35 bits per heavy atom. The van der Waals surface area contributed by atoms with Crippen LogP contribution in [0.1, 0.15) is 16.5 Å². The minimum Gasteiger partial charge on any atom is -0.398 e. The van der Waals surface area contributed by atoms with Crippen molar-refractivity contribution in [2.24, 2.45) is 0 Å². The highest BCUT2D eigenvalue weighted by Gasteiger charge is 2.15. The number of hydrogen-bond acceptors (Lipinski definition) is 4. The molecule has 2 heterocycles. The maximum absolute atomic E-state index is 10.1. The van der Waals surface area contributed by atoms with E-state index in [0.29, 0.717) is 16.4 Å². The van der Waals surface area contributed by atoms with Crippen LogP contribution in [0.4, 0.5) is 5.69 Å². The molecule has 0 aliphatic rings. The number of rotatable bonds is 3. The number of pyridine rings is 1. The second-order valence-electron chi connectivity index (χ2n) is 3.56. The van der Waals surface area contributed by atoms with Crippen molar-refractivity contribution < 1.29 is 5.11 Å². The van der Waals surface area contributed by atoms with Crippen molar-refractivity contribution in [2.75, 3.05) is 5.73 Å². The lowest BCUT2D eigenvalue weighted by Gasteiger charge is -2.09. The van der Waals surface area contributed by atoms with Gasteiger partial charge in [-0.1, -0.05) is 11.6 Å². The van der Waals surface area contributed by atoms with E-state index in [1.54, 1.807) is 18.5 Å². The molecule has 90 valence electrons. The van der Waals surface area contributed by atoms with E-state index >= 15 is 0 Å². The number of hydrogen-bond donors (Lipinski definition) is 2. The van der Waals surface area contributed by atoms with Gasteiger partial charge in [0.15, 0.2) is 0 Å². The predicted octanol–water partition coefficient (Wildman–Crippen LogP) is 3.42. The number of aromatic nitrogens is 1. The fourth-order valence-electron chi connectivity index (χ4n) is 1.44. The van der Waals surface area contributed by atoms with E-state index in [1.807, 2.05) is 6.07 Å². The highest BCUT2D eigenvalue weighted by Crippen LogP contribution is 2.36. The smallest absolute Gasteiger partial charge is 0.107 e. The first-order chi connectivity index (χ1) is 8.08. The largest absolute Gasteiger partial charge is 0.398 e. The molecule has 0 bridgehead atoms. The number of anilines is 1. The van der Waals surface area contributed by atoms with Gasteiger partial charge in [-0.3, -0.25) is 4.98 Å². The zero-order valence-corrected chi connectivity index (χ0v) is 11.9. The number of aliphatic hydroxyl groups excluding tert-OH is 1. The summed E-state index contributed by atoms with van der Waals surface area (Å²) < 4.78 is 1.44. The Kier molecular flexibility index (Phi) is 4.04. The van der Waals surface area contributed by atoms with Gasteiger partial charge in [0.2, 0.25) is 0 Å². The molecule has 0 aliphatic heterocycles. The van der Waals surface area contributed by atoms with Crippen molar-refractivity contribution in [3.63, 3.8) is 0 Å². The van der Waals surface area contributed by atoms with Crippen LogP contribution in [0, 0.1) is 0 Å². The minimum atomic E-state index is -0.615. The fraction of sp³-hybridized carbons (Fsp3) is 0.182. The first kappa shape index (κ1) is 12.8. The van der Waals surface area contributed by atoms with E-state index in [2.05, 4.69) is 20.9 Å². The van der Waals surface area contributed by atoms with Crippen LogP contribution >= 0.6 is 38.9 Å². The van der Waals surface area contributed by atoms with Gasteiger partial charge in [0.1, 0.15) is 4.34 Å². The molecule has 1 unspecified atom stereocenters. The molecule has 3 nitrogen and oxygen atoms in total. The summed E-state index contributed by atoms with van der Waals surface area (Å²) in [5.74, 6) is 0. The van der Waals surface area contributed by atoms with Gasteiger partial charge < -0.3 is 10.8 Å². The molecule has 0 saturated carbocycles. The van der Waals surface area contributed by atoms with Crippen molar-refractivity contribution in [2.45, 2.75) is 12.5 Å². The second kappa shape index (κ2) is 5.35. The van der Waals surface area contributed by atoms with Crippen LogP contribution in [-0.4, -0.2) is 10.1 Å². The molecule has 0 aromatic carbocycles. The number of aliphatic hydroxyl groups is 1. The van der Waals surface area contributed by atoms with Gasteiger partial charge in [0, 0.05) is 33.9 Å². The van der Waals surface area contributed by atoms with Crippen LogP contribution in [0.2, 0.25) is 4.34 Å². The normalized spacial score (nSPS) is 12.6. The van der Waals surface area contributed by atoms with Crippen molar-refractivity contribution in [1.29, 1.82) is 0 Å². The monoisotopic (exact) mass is 332 g/mol. The van der Waals surface area contributed by atoms with E-state index in [0.717, 1.165) is 14.9 Å². The van der Waals surface area contributed by atoms with Crippen molar-refractivity contribution >= 4 is 44.6 Å². The van der Waals surface area contributed by atoms with E-state index in [1.165, 1.54) is 11.3 Å². The summed E-state index contributed by atoms with van der Waals surface area (Å²) in [5.41, 5.74) is 7.27. The molecule has 0 fully saturated rings. The fourth-order valence-corrected chi connectivity index (χ4v) is 3.17. The molecule has 2 rings (SSSR count). The van der Waals surface area contributed by atoms with Gasteiger partial charge in [-0.25, -0.2) is 0 Å². The van der Waals surface area contributed by atoms with Crippen LogP contribution in [0.25, 0.3) is 0 Å². The third kappa shape index (κ3) is 2.98. The molecule has 2 aromatic rings. The van der Waals surface area contributed by atoms with E-state index < -0.39 is 6.10 Å². The van der Waals surface area contributed by atoms with Crippen molar-refractivity contribution in [3.05, 3.63) is 43.8 Å². The number of thiophene rings is 1. The number of nitrogens with zero attached hydrogens (tertiary/aromatic N) is 1. The van der Waals surface area contributed by atoms with Gasteiger partial charge in [-0.05, 0) is 33.6 Å². The zero-order valence-electron chi connectivity index (χ0n) is 8.73. The molecule has 3 N–H and O–H groups in total. The Morgan fingerprint density at radius 3 is 2.94 bits per heavy atom. The average Bonchev–Trinajstić information content (AvgIpc) is 2.63. The van der Waals surface area contributed by atoms with Gasteiger partial charge in [-0.2, -0.15) is 0 Å². The summed E-state index contributed by atoms with van der Waals surface area (Å²) in [4.78, 5) is 4.80. The molecule has 0 aliphatic carbocycles. The first-order valence-corrected chi connectivity index (χ1v) is 6.88. The molecular weight excluding hydrogens is 324 g/mol. The van der Waals surface area contributed by atoms with Crippen LogP contribution in [0.5, 0.6) is 0 Å². The lowest BCUT2D eigenvalue weighted by Crippen LogP contribution is -2.03. The van der Waals surface area contributed by atoms with E-state index in [4.69, 9.17) is 17.3 Å².